The number of hydrazine groups is 1. The molecule has 2 heterocycles. The second-order valence-electron chi connectivity index (χ2n) is 5.04. The van der Waals surface area contributed by atoms with E-state index in [-0.39, 0.29) is 11.3 Å². The van der Waals surface area contributed by atoms with Crippen LogP contribution < -0.4 is 11.3 Å². The van der Waals surface area contributed by atoms with E-state index in [1.165, 1.54) is 0 Å². The van der Waals surface area contributed by atoms with Crippen molar-refractivity contribution in [3.8, 4) is 0 Å². The minimum atomic E-state index is -2.97. The van der Waals surface area contributed by atoms with Crippen LogP contribution in [0.4, 0.5) is 0 Å². The zero-order valence-corrected chi connectivity index (χ0v) is 10.9. The summed E-state index contributed by atoms with van der Waals surface area (Å²) in [4.78, 5) is 0. The molecule has 0 spiro atoms. The average Bonchev–Trinajstić information content (AvgIpc) is 2.33. The molecule has 2 saturated heterocycles. The molecule has 5 nitrogen and oxygen atoms in total. The van der Waals surface area contributed by atoms with Gasteiger partial charge in [0.05, 0.1) is 11.0 Å². The van der Waals surface area contributed by atoms with Gasteiger partial charge >= 0.3 is 0 Å². The zero-order chi connectivity index (χ0) is 12.3. The first-order chi connectivity index (χ1) is 8.15. The summed E-state index contributed by atoms with van der Waals surface area (Å²) in [6.07, 6.45) is 4.34. The molecule has 3 N–H and O–H groups in total. The molecule has 0 aromatic heterocycles. The van der Waals surface area contributed by atoms with Crippen molar-refractivity contribution in [2.24, 2.45) is 11.8 Å². The molecule has 0 aromatic rings. The minimum Gasteiger partial charge on any atom is -0.381 e. The van der Waals surface area contributed by atoms with Crippen molar-refractivity contribution >= 4 is 9.84 Å². The normalized spacial score (nSPS) is 32.2. The Labute approximate surface area is 103 Å². The molecule has 2 aliphatic rings. The molecular formula is C11H22N2O3S. The van der Waals surface area contributed by atoms with Crippen molar-refractivity contribution < 1.29 is 13.2 Å². The van der Waals surface area contributed by atoms with E-state index < -0.39 is 9.84 Å². The minimum absolute atomic E-state index is 0.107. The molecule has 0 saturated carbocycles. The van der Waals surface area contributed by atoms with Crippen LogP contribution in [0.15, 0.2) is 0 Å². The summed E-state index contributed by atoms with van der Waals surface area (Å²) < 4.78 is 29.5. The van der Waals surface area contributed by atoms with Gasteiger partial charge in [-0.3, -0.25) is 11.3 Å². The molecule has 0 amide bonds. The van der Waals surface area contributed by atoms with E-state index in [1.807, 2.05) is 0 Å². The van der Waals surface area contributed by atoms with Crippen LogP contribution in [0.1, 0.15) is 32.1 Å². The fourth-order valence-corrected chi connectivity index (χ4v) is 5.19. The van der Waals surface area contributed by atoms with Gasteiger partial charge in [-0.05, 0) is 31.6 Å². The Balaban J connectivity index is 2.10. The smallest absolute Gasteiger partial charge is 0.154 e. The molecule has 0 bridgehead atoms. The number of rotatable bonds is 3. The lowest BCUT2D eigenvalue weighted by Gasteiger charge is -2.36. The number of nitrogens with one attached hydrogen (secondary N) is 1. The molecule has 2 aliphatic heterocycles. The largest absolute Gasteiger partial charge is 0.381 e. The topological polar surface area (TPSA) is 81.4 Å². The predicted octanol–water partition coefficient (Wildman–Crippen LogP) is 0.212. The molecule has 0 radical (unpaired) electrons. The van der Waals surface area contributed by atoms with Crippen LogP contribution in [0.5, 0.6) is 0 Å². The van der Waals surface area contributed by atoms with Crippen LogP contribution in [0.25, 0.3) is 0 Å². The predicted molar refractivity (Wildman–Crippen MR) is 66.1 cm³/mol. The molecule has 100 valence electrons. The molecule has 6 heteroatoms. The SMILES string of the molecule is NNC(C1CCOCC1)C1CCCCS1(=O)=O. The van der Waals surface area contributed by atoms with E-state index in [0.29, 0.717) is 11.7 Å². The van der Waals surface area contributed by atoms with Gasteiger partial charge in [0, 0.05) is 19.3 Å². The van der Waals surface area contributed by atoms with Crippen molar-refractivity contribution in [2.75, 3.05) is 19.0 Å². The first kappa shape index (κ1) is 13.3. The highest BCUT2D eigenvalue weighted by Gasteiger charge is 2.39. The van der Waals surface area contributed by atoms with Crippen LogP contribution in [0.2, 0.25) is 0 Å². The van der Waals surface area contributed by atoms with Crippen molar-refractivity contribution in [2.45, 2.75) is 43.4 Å². The Morgan fingerprint density at radius 2 is 1.88 bits per heavy atom. The maximum Gasteiger partial charge on any atom is 0.154 e. The Bertz CT molecular complexity index is 339. The van der Waals surface area contributed by atoms with Crippen LogP contribution in [0.3, 0.4) is 0 Å². The van der Waals surface area contributed by atoms with Gasteiger partial charge in [0.1, 0.15) is 0 Å². The van der Waals surface area contributed by atoms with Gasteiger partial charge in [-0.2, -0.15) is 0 Å². The van der Waals surface area contributed by atoms with E-state index >= 15 is 0 Å². The Hall–Kier alpha value is -0.170. The van der Waals surface area contributed by atoms with Gasteiger partial charge in [-0.15, -0.1) is 0 Å². The fraction of sp³-hybridized carbons (Fsp3) is 1.00. The molecule has 0 aliphatic carbocycles. The number of hydrogen-bond donors (Lipinski definition) is 2. The van der Waals surface area contributed by atoms with E-state index in [1.54, 1.807) is 0 Å². The second-order valence-corrected chi connectivity index (χ2v) is 7.38. The van der Waals surface area contributed by atoms with Crippen molar-refractivity contribution in [1.29, 1.82) is 0 Å². The fourth-order valence-electron chi connectivity index (χ4n) is 3.00. The van der Waals surface area contributed by atoms with Crippen molar-refractivity contribution in [1.82, 2.24) is 5.43 Å². The summed E-state index contributed by atoms with van der Waals surface area (Å²) in [7, 11) is -2.97. The summed E-state index contributed by atoms with van der Waals surface area (Å²) in [5, 5.41) is -0.302. The van der Waals surface area contributed by atoms with Crippen LogP contribution in [-0.4, -0.2) is 38.7 Å². The van der Waals surface area contributed by atoms with Gasteiger partial charge in [0.15, 0.2) is 9.84 Å². The lowest BCUT2D eigenvalue weighted by atomic mass is 9.88. The Morgan fingerprint density at radius 3 is 2.47 bits per heavy atom. The third-order valence-corrected chi connectivity index (χ3v) is 6.30. The summed E-state index contributed by atoms with van der Waals surface area (Å²) in [5.41, 5.74) is 2.76. The van der Waals surface area contributed by atoms with E-state index in [9.17, 15) is 8.42 Å². The lowest BCUT2D eigenvalue weighted by molar-refractivity contribution is 0.0525. The highest BCUT2D eigenvalue weighted by atomic mass is 32.2. The number of hydrogen-bond acceptors (Lipinski definition) is 5. The highest BCUT2D eigenvalue weighted by molar-refractivity contribution is 7.92. The number of nitrogens with two attached hydrogens (primary N) is 1. The van der Waals surface area contributed by atoms with Gasteiger partial charge < -0.3 is 4.74 Å². The van der Waals surface area contributed by atoms with E-state index in [2.05, 4.69) is 5.43 Å². The summed E-state index contributed by atoms with van der Waals surface area (Å²) >= 11 is 0. The summed E-state index contributed by atoms with van der Waals surface area (Å²) in [6.45, 7) is 1.44. The number of sulfone groups is 1. The van der Waals surface area contributed by atoms with Crippen LogP contribution in [-0.2, 0) is 14.6 Å². The van der Waals surface area contributed by atoms with E-state index in [0.717, 1.165) is 45.3 Å². The van der Waals surface area contributed by atoms with Gasteiger partial charge in [-0.1, -0.05) is 6.42 Å². The third-order valence-electron chi connectivity index (χ3n) is 4.00. The van der Waals surface area contributed by atoms with Crippen LogP contribution in [0, 0.1) is 5.92 Å². The first-order valence-corrected chi connectivity index (χ1v) is 8.12. The molecule has 2 fully saturated rings. The molecular weight excluding hydrogens is 240 g/mol. The second kappa shape index (κ2) is 5.65. The maximum atomic E-state index is 12.1. The van der Waals surface area contributed by atoms with Gasteiger partial charge in [-0.25, -0.2) is 8.42 Å². The monoisotopic (exact) mass is 262 g/mol. The van der Waals surface area contributed by atoms with Crippen molar-refractivity contribution in [3.05, 3.63) is 0 Å². The summed E-state index contributed by atoms with van der Waals surface area (Å²) in [5.74, 6) is 6.24. The first-order valence-electron chi connectivity index (χ1n) is 6.40. The third kappa shape index (κ3) is 2.99. The number of ether oxygens (including phenoxy) is 1. The maximum absolute atomic E-state index is 12.1. The lowest BCUT2D eigenvalue weighted by Crippen LogP contribution is -2.54. The van der Waals surface area contributed by atoms with Crippen LogP contribution >= 0.6 is 0 Å². The summed E-state index contributed by atoms with van der Waals surface area (Å²) in [6, 6.07) is -0.107. The quantitative estimate of drug-likeness (QED) is 0.561. The Morgan fingerprint density at radius 1 is 1.18 bits per heavy atom. The zero-order valence-electron chi connectivity index (χ0n) is 10.1. The molecule has 2 unspecified atom stereocenters. The van der Waals surface area contributed by atoms with E-state index in [4.69, 9.17) is 10.6 Å². The molecule has 2 atom stereocenters. The van der Waals surface area contributed by atoms with Crippen molar-refractivity contribution in [3.63, 3.8) is 0 Å². The molecule has 2 rings (SSSR count). The molecule has 17 heavy (non-hydrogen) atoms. The molecule has 0 aromatic carbocycles. The van der Waals surface area contributed by atoms with Gasteiger partial charge in [0.25, 0.3) is 0 Å². The average molecular weight is 262 g/mol. The van der Waals surface area contributed by atoms with Gasteiger partial charge in [0.2, 0.25) is 0 Å². The Kier molecular flexibility index (Phi) is 4.41. The highest BCUT2D eigenvalue weighted by Crippen LogP contribution is 2.29. The standard InChI is InChI=1S/C11H22N2O3S/c12-13-11(9-4-6-16-7-5-9)10-3-1-2-8-17(10,14)15/h9-11,13H,1-8,12H2.